The van der Waals surface area contributed by atoms with E-state index in [1.54, 1.807) is 0 Å². The van der Waals surface area contributed by atoms with Gasteiger partial charge in [-0.25, -0.2) is 0 Å². The molecule has 74 valence electrons. The van der Waals surface area contributed by atoms with Gasteiger partial charge in [0.15, 0.2) is 0 Å². The molecule has 0 heterocycles. The molecule has 13 heavy (non-hydrogen) atoms. The summed E-state index contributed by atoms with van der Waals surface area (Å²) in [7, 11) is 0. The van der Waals surface area contributed by atoms with Gasteiger partial charge in [0, 0.05) is 0 Å². The van der Waals surface area contributed by atoms with E-state index in [-0.39, 0.29) is 0 Å². The van der Waals surface area contributed by atoms with Crippen LogP contribution in [-0.4, -0.2) is 12.1 Å². The summed E-state index contributed by atoms with van der Waals surface area (Å²) < 4.78 is 9.57. The van der Waals surface area contributed by atoms with Crippen LogP contribution in [0.5, 0.6) is 0 Å². The van der Waals surface area contributed by atoms with Gasteiger partial charge in [-0.2, -0.15) is 0 Å². The van der Waals surface area contributed by atoms with Crippen LogP contribution in [0.15, 0.2) is 6.99 Å². The average molecular weight is 350 g/mol. The van der Waals surface area contributed by atoms with Gasteiger partial charge in [-0.3, -0.25) is 0 Å². The zero-order chi connectivity index (χ0) is 8.93. The number of nitrogens with zero attached hydrogens (tertiary/aromatic N) is 2. The quantitative estimate of drug-likeness (QED) is 0.730. The molecule has 0 unspecified atom stereocenters. The Balaban J connectivity index is 1.80. The molecular weight excluding hydrogens is 332 g/mol. The van der Waals surface area contributed by atoms with Gasteiger partial charge >= 0.3 is 88.6 Å². The number of rotatable bonds is 2. The maximum absolute atomic E-state index is 4.79. The molecule has 0 saturated heterocycles. The third kappa shape index (κ3) is 3.16. The zero-order valence-electron chi connectivity index (χ0n) is 8.11. The van der Waals surface area contributed by atoms with E-state index in [1.165, 1.54) is 51.4 Å². The molecular formula is C10H18N2W. The molecule has 0 amide bonds. The normalized spacial score (nSPS) is 24.9. The van der Waals surface area contributed by atoms with E-state index in [4.69, 9.17) is 6.99 Å². The fourth-order valence-electron chi connectivity index (χ4n) is 2.18. The van der Waals surface area contributed by atoms with Gasteiger partial charge in [-0.15, -0.1) is 0 Å². The van der Waals surface area contributed by atoms with E-state index in [2.05, 4.69) is 0 Å². The molecule has 0 aliphatic heterocycles. The van der Waals surface area contributed by atoms with Crippen LogP contribution in [0.25, 0.3) is 0 Å². The SMILES string of the molecule is C1CCC([N]=[W]=[N]C2CCCC2)C1. The summed E-state index contributed by atoms with van der Waals surface area (Å²) in [6, 6.07) is 1.46. The van der Waals surface area contributed by atoms with Crippen molar-refractivity contribution in [1.29, 1.82) is 0 Å². The Hall–Kier alpha value is 0.288. The Morgan fingerprint density at radius 1 is 0.692 bits per heavy atom. The molecule has 0 N–H and O–H groups in total. The Labute approximate surface area is 88.7 Å². The molecule has 0 atom stereocenters. The first kappa shape index (κ1) is 9.83. The first-order valence-corrected chi connectivity index (χ1v) is 8.14. The maximum atomic E-state index is 4.79. The monoisotopic (exact) mass is 350 g/mol. The van der Waals surface area contributed by atoms with E-state index >= 15 is 0 Å². The van der Waals surface area contributed by atoms with Crippen molar-refractivity contribution in [3.8, 4) is 0 Å². The van der Waals surface area contributed by atoms with Gasteiger partial charge < -0.3 is 0 Å². The Morgan fingerprint density at radius 2 is 1.08 bits per heavy atom. The zero-order valence-corrected chi connectivity index (χ0v) is 11.0. The molecule has 0 bridgehead atoms. The number of hydrogen-bond donors (Lipinski definition) is 0. The van der Waals surface area contributed by atoms with Crippen LogP contribution in [0.2, 0.25) is 0 Å². The van der Waals surface area contributed by atoms with Crippen molar-refractivity contribution in [1.82, 2.24) is 0 Å². The molecule has 2 nitrogen and oxygen atoms in total. The third-order valence-electron chi connectivity index (χ3n) is 3.04. The summed E-state index contributed by atoms with van der Waals surface area (Å²) in [5.41, 5.74) is 0. The van der Waals surface area contributed by atoms with Crippen LogP contribution in [0.3, 0.4) is 0 Å². The van der Waals surface area contributed by atoms with Crippen LogP contribution >= 0.6 is 0 Å². The summed E-state index contributed by atoms with van der Waals surface area (Å²) in [6.07, 6.45) is 11.1. The molecule has 0 spiro atoms. The van der Waals surface area contributed by atoms with Gasteiger partial charge in [-0.05, 0) is 0 Å². The predicted molar refractivity (Wildman–Crippen MR) is 49.4 cm³/mol. The molecule has 3 heteroatoms. The standard InChI is InChI=1S/2C5H9N.W/c2*6-5-3-1-2-4-5;/h2*5H,1-4H2;. The van der Waals surface area contributed by atoms with Crippen molar-refractivity contribution >= 4 is 0 Å². The minimum absolute atomic E-state index is 0.634. The van der Waals surface area contributed by atoms with Crippen molar-refractivity contribution in [2.45, 2.75) is 63.5 Å². The van der Waals surface area contributed by atoms with E-state index < -0.39 is 18.2 Å². The average Bonchev–Trinajstić information content (AvgIpc) is 2.75. The summed E-state index contributed by atoms with van der Waals surface area (Å²) in [5, 5.41) is 0. The minimum atomic E-state index is -0.634. The van der Waals surface area contributed by atoms with Crippen molar-refractivity contribution in [2.24, 2.45) is 6.99 Å². The Bertz CT molecular complexity index is 189. The summed E-state index contributed by atoms with van der Waals surface area (Å²) in [4.78, 5) is 0. The van der Waals surface area contributed by atoms with E-state index in [9.17, 15) is 0 Å². The molecule has 0 aromatic rings. The van der Waals surface area contributed by atoms with Gasteiger partial charge in [0.1, 0.15) is 0 Å². The van der Waals surface area contributed by atoms with E-state index in [1.807, 2.05) is 0 Å². The third-order valence-corrected chi connectivity index (χ3v) is 5.86. The van der Waals surface area contributed by atoms with Gasteiger partial charge in [0.2, 0.25) is 0 Å². The molecule has 2 rings (SSSR count). The van der Waals surface area contributed by atoms with Gasteiger partial charge in [-0.1, -0.05) is 0 Å². The fourth-order valence-corrected chi connectivity index (χ4v) is 4.85. The summed E-state index contributed by atoms with van der Waals surface area (Å²) >= 11 is -0.634. The van der Waals surface area contributed by atoms with Crippen molar-refractivity contribution in [2.75, 3.05) is 0 Å². The molecule has 2 aliphatic carbocycles. The predicted octanol–water partition coefficient (Wildman–Crippen LogP) is 3.32. The van der Waals surface area contributed by atoms with Crippen LogP contribution in [-0.2, 0) is 18.2 Å². The fraction of sp³-hybridized carbons (Fsp3) is 1.00. The topological polar surface area (TPSA) is 24.7 Å². The second kappa shape index (κ2) is 5.24. The van der Waals surface area contributed by atoms with Gasteiger partial charge in [0.25, 0.3) is 0 Å². The van der Waals surface area contributed by atoms with Gasteiger partial charge in [0.05, 0.1) is 0 Å². The molecule has 0 radical (unpaired) electrons. The first-order valence-electron chi connectivity index (χ1n) is 5.51. The molecule has 0 aromatic heterocycles. The van der Waals surface area contributed by atoms with Crippen LogP contribution in [0.4, 0.5) is 0 Å². The number of hydrogen-bond acceptors (Lipinski definition) is 2. The Morgan fingerprint density at radius 3 is 1.46 bits per heavy atom. The molecule has 2 saturated carbocycles. The van der Waals surface area contributed by atoms with Crippen molar-refractivity contribution in [3.05, 3.63) is 0 Å². The van der Waals surface area contributed by atoms with Crippen LogP contribution in [0, 0.1) is 0 Å². The second-order valence-electron chi connectivity index (χ2n) is 4.17. The van der Waals surface area contributed by atoms with Crippen molar-refractivity contribution < 1.29 is 18.2 Å². The van der Waals surface area contributed by atoms with Crippen LogP contribution < -0.4 is 0 Å². The van der Waals surface area contributed by atoms with Crippen LogP contribution in [0.1, 0.15) is 51.4 Å². The molecule has 0 aromatic carbocycles. The van der Waals surface area contributed by atoms with Crippen molar-refractivity contribution in [3.63, 3.8) is 0 Å². The Kier molecular flexibility index (Phi) is 3.96. The molecule has 2 aliphatic rings. The van der Waals surface area contributed by atoms with E-state index in [0.717, 1.165) is 12.1 Å². The summed E-state index contributed by atoms with van der Waals surface area (Å²) in [5.74, 6) is 0. The summed E-state index contributed by atoms with van der Waals surface area (Å²) in [6.45, 7) is 0. The van der Waals surface area contributed by atoms with E-state index in [0.29, 0.717) is 0 Å². The first-order chi connectivity index (χ1) is 6.45. The second-order valence-corrected chi connectivity index (χ2v) is 6.27. The molecule has 2 fully saturated rings.